The van der Waals surface area contributed by atoms with Crippen LogP contribution in [0.3, 0.4) is 0 Å². The molecule has 0 fully saturated rings. The van der Waals surface area contributed by atoms with Gasteiger partial charge in [-0.25, -0.2) is 0 Å². The van der Waals surface area contributed by atoms with E-state index in [4.69, 9.17) is 14.7 Å². The second-order valence-corrected chi connectivity index (χ2v) is 3.01. The predicted octanol–water partition coefficient (Wildman–Crippen LogP) is -0.968. The van der Waals surface area contributed by atoms with Gasteiger partial charge in [0.15, 0.2) is 0 Å². The molecule has 0 saturated heterocycles. The molecule has 6 heavy (non-hydrogen) atoms. The summed E-state index contributed by atoms with van der Waals surface area (Å²) in [6, 6.07) is 0. The van der Waals surface area contributed by atoms with Gasteiger partial charge in [0.05, 0.1) is 0 Å². The van der Waals surface area contributed by atoms with Crippen LogP contribution in [0.5, 0.6) is 0 Å². The van der Waals surface area contributed by atoms with Gasteiger partial charge in [0.2, 0.25) is 0 Å². The molecule has 36 valence electrons. The smallest absolute Gasteiger partial charge is 1.00 e. The van der Waals surface area contributed by atoms with Crippen LogP contribution in [-0.2, 0) is 11.8 Å². The van der Waals surface area contributed by atoms with E-state index < -0.39 is 6.72 Å². The van der Waals surface area contributed by atoms with E-state index in [9.17, 15) is 0 Å². The molecule has 0 aromatic rings. The van der Waals surface area contributed by atoms with Crippen molar-refractivity contribution in [3.8, 4) is 0 Å². The maximum atomic E-state index is 7.56. The van der Waals surface area contributed by atoms with Crippen molar-refractivity contribution in [1.29, 1.82) is 0 Å². The molecule has 0 bridgehead atoms. The van der Waals surface area contributed by atoms with Crippen LogP contribution in [0.1, 0.15) is 2.85 Å². The van der Waals surface area contributed by atoms with E-state index in [0.717, 1.165) is 0 Å². The Balaban J connectivity index is -0.0000000267. The van der Waals surface area contributed by atoms with Crippen LogP contribution >= 0.6 is 6.72 Å². The van der Waals surface area contributed by atoms with Gasteiger partial charge in [-0.3, -0.25) is 0 Å². The Morgan fingerprint density at radius 3 is 1.33 bits per heavy atom. The quantitative estimate of drug-likeness (QED) is 0.312. The third kappa shape index (κ3) is 41.5. The van der Waals surface area contributed by atoms with Crippen LogP contribution in [-0.4, -0.2) is 52.4 Å². The number of rotatable bonds is 0. The Morgan fingerprint density at radius 1 is 1.33 bits per heavy atom. The van der Waals surface area contributed by atoms with E-state index in [1.165, 1.54) is 0 Å². The summed E-state index contributed by atoms with van der Waals surface area (Å²) in [5, 5.41) is 0. The summed E-state index contributed by atoms with van der Waals surface area (Å²) in [6.07, 6.45) is 0. The van der Waals surface area contributed by atoms with Gasteiger partial charge >= 0.3 is 44.5 Å². The summed E-state index contributed by atoms with van der Waals surface area (Å²) < 4.78 is 0. The second-order valence-electron chi connectivity index (χ2n) is 0.513. The zero-order valence-corrected chi connectivity index (χ0v) is 6.82. The van der Waals surface area contributed by atoms with Crippen LogP contribution in [0.15, 0.2) is 0 Å². The molecule has 0 heterocycles. The molecule has 0 amide bonds. The minimum atomic E-state index is -3.81. The van der Waals surface area contributed by atoms with Crippen LogP contribution in [0, 0.1) is 0 Å². The first kappa shape index (κ1) is 10.7. The molecule has 0 aromatic heterocycles. The summed E-state index contributed by atoms with van der Waals surface area (Å²) in [4.78, 5) is 22.7. The minimum absolute atomic E-state index is 0. The fourth-order valence-corrected chi connectivity index (χ4v) is 0. The first-order chi connectivity index (χ1) is 2.00. The Labute approximate surface area is 73.2 Å². The molecule has 0 aliphatic carbocycles. The monoisotopic (exact) mass is 156 g/mol. The van der Waals surface area contributed by atoms with Crippen molar-refractivity contribution in [2.24, 2.45) is 0 Å². The molecule has 0 atom stereocenters. The van der Waals surface area contributed by atoms with Crippen molar-refractivity contribution < 1.29 is 17.5 Å². The van der Waals surface area contributed by atoms with Gasteiger partial charge < -0.3 is 17.5 Å². The molecule has 0 unspecified atom stereocenters. The zero-order valence-electron chi connectivity index (χ0n) is 4.90. The molecule has 0 spiro atoms. The average molecular weight is 156 g/mol. The standard InChI is InChI=1S/Ca.H3O3PS.2H/c;1-4(2,3)5;;/h;(H3,1,2,3,5);;/q+2;;2*-1. The van der Waals surface area contributed by atoms with Crippen molar-refractivity contribution in [2.75, 3.05) is 0 Å². The average Bonchev–Trinajstić information content (AvgIpc) is 0.722. The van der Waals surface area contributed by atoms with E-state index >= 15 is 0 Å². The maximum absolute atomic E-state index is 7.56. The third-order valence-electron chi connectivity index (χ3n) is 0. The van der Waals surface area contributed by atoms with E-state index in [0.29, 0.717) is 0 Å². The summed E-state index contributed by atoms with van der Waals surface area (Å²) in [6.45, 7) is -3.81. The van der Waals surface area contributed by atoms with Gasteiger partial charge in [-0.05, 0) is 11.8 Å². The van der Waals surface area contributed by atoms with E-state index in [-0.39, 0.29) is 40.6 Å². The van der Waals surface area contributed by atoms with Crippen LogP contribution in [0.4, 0.5) is 0 Å². The van der Waals surface area contributed by atoms with Gasteiger partial charge in [-0.15, -0.1) is 0 Å². The zero-order chi connectivity index (χ0) is 4.50. The van der Waals surface area contributed by atoms with Gasteiger partial charge in [-0.1, -0.05) is 0 Å². The SMILES string of the molecule is OP(O)(O)=S.[Ca+2].[H-].[H-]. The first-order valence-electron chi connectivity index (χ1n) is 0.783. The van der Waals surface area contributed by atoms with E-state index in [1.807, 2.05) is 0 Å². The summed E-state index contributed by atoms with van der Waals surface area (Å²) in [5.41, 5.74) is 0. The predicted molar refractivity (Wildman–Crippen MR) is 28.9 cm³/mol. The maximum Gasteiger partial charge on any atom is 2.00 e. The molecule has 0 aliphatic rings. The first-order valence-corrected chi connectivity index (χ1v) is 3.44. The van der Waals surface area contributed by atoms with Crippen molar-refractivity contribution in [3.05, 3.63) is 0 Å². The van der Waals surface area contributed by atoms with Gasteiger partial charge in [-0.2, -0.15) is 0 Å². The molecule has 0 saturated carbocycles. The Morgan fingerprint density at radius 2 is 1.33 bits per heavy atom. The molecule has 0 aliphatic heterocycles. The number of hydrogen-bond acceptors (Lipinski definition) is 1. The van der Waals surface area contributed by atoms with E-state index in [2.05, 4.69) is 11.8 Å². The van der Waals surface area contributed by atoms with Crippen molar-refractivity contribution in [1.82, 2.24) is 0 Å². The number of hydrogen-bond donors (Lipinski definition) is 3. The molecule has 0 aromatic carbocycles. The van der Waals surface area contributed by atoms with Crippen molar-refractivity contribution in [3.63, 3.8) is 0 Å². The molecular formula is H5CaO3PS. The summed E-state index contributed by atoms with van der Waals surface area (Å²) in [7, 11) is 0. The third-order valence-corrected chi connectivity index (χ3v) is 0. The van der Waals surface area contributed by atoms with Crippen LogP contribution < -0.4 is 0 Å². The van der Waals surface area contributed by atoms with Gasteiger partial charge in [0, 0.05) is 0 Å². The Hall–Kier alpha value is 1.79. The van der Waals surface area contributed by atoms with E-state index in [1.54, 1.807) is 0 Å². The summed E-state index contributed by atoms with van der Waals surface area (Å²) in [5.74, 6) is 0. The molecule has 0 radical (unpaired) electrons. The molecule has 6 heteroatoms. The van der Waals surface area contributed by atoms with Gasteiger partial charge in [0.1, 0.15) is 0 Å². The molecule has 3 N–H and O–H groups in total. The fourth-order valence-electron chi connectivity index (χ4n) is 0. The normalized spacial score (nSPS) is 9.83. The Kier molecular flexibility index (Phi) is 6.70. The van der Waals surface area contributed by atoms with Gasteiger partial charge in [0.25, 0.3) is 0 Å². The molecular weight excluding hydrogens is 151 g/mol. The largest absolute Gasteiger partial charge is 2.00 e. The van der Waals surface area contributed by atoms with Crippen molar-refractivity contribution >= 4 is 56.3 Å². The molecule has 3 nitrogen and oxygen atoms in total. The molecule has 0 rings (SSSR count). The van der Waals surface area contributed by atoms with Crippen LogP contribution in [0.2, 0.25) is 0 Å². The van der Waals surface area contributed by atoms with Crippen LogP contribution in [0.25, 0.3) is 0 Å². The second kappa shape index (κ2) is 3.75. The minimum Gasteiger partial charge on any atom is -1.00 e. The van der Waals surface area contributed by atoms with Crippen molar-refractivity contribution in [2.45, 2.75) is 0 Å². The Bertz CT molecular complexity index is 63.4. The topological polar surface area (TPSA) is 60.7 Å². The summed E-state index contributed by atoms with van der Waals surface area (Å²) >= 11 is 3.60. The fraction of sp³-hybridized carbons (Fsp3) is 0.